The molecule has 0 aliphatic carbocycles. The Morgan fingerprint density at radius 3 is 2.73 bits per heavy atom. The van der Waals surface area contributed by atoms with Crippen LogP contribution in [0.15, 0.2) is 18.2 Å². The number of amides is 1. The van der Waals surface area contributed by atoms with Crippen LogP contribution in [0.1, 0.15) is 19.4 Å². The number of halogens is 1. The van der Waals surface area contributed by atoms with Crippen molar-refractivity contribution in [1.29, 1.82) is 0 Å². The first-order valence-electron chi connectivity index (χ1n) is 4.73. The van der Waals surface area contributed by atoms with E-state index >= 15 is 0 Å². The molecule has 0 radical (unpaired) electrons. The van der Waals surface area contributed by atoms with Gasteiger partial charge in [0.05, 0.1) is 6.10 Å². The monoisotopic (exact) mass is 227 g/mol. The van der Waals surface area contributed by atoms with Crippen molar-refractivity contribution in [2.45, 2.75) is 26.9 Å². The van der Waals surface area contributed by atoms with E-state index < -0.39 is 6.09 Å². The highest BCUT2D eigenvalue weighted by molar-refractivity contribution is 6.31. The second kappa shape index (κ2) is 5.03. The minimum atomic E-state index is -0.463. The zero-order valence-corrected chi connectivity index (χ0v) is 9.76. The smallest absolute Gasteiger partial charge is 0.411 e. The van der Waals surface area contributed by atoms with E-state index in [1.807, 2.05) is 6.92 Å². The Labute approximate surface area is 94.4 Å². The van der Waals surface area contributed by atoms with Gasteiger partial charge in [0.15, 0.2) is 0 Å². The third-order valence-electron chi connectivity index (χ3n) is 1.85. The molecule has 0 spiro atoms. The van der Waals surface area contributed by atoms with Crippen molar-refractivity contribution < 1.29 is 9.53 Å². The van der Waals surface area contributed by atoms with Crippen LogP contribution in [0.3, 0.4) is 0 Å². The first kappa shape index (κ1) is 11.9. The summed E-state index contributed by atoms with van der Waals surface area (Å²) in [5.41, 5.74) is 1.51. The highest BCUT2D eigenvalue weighted by Crippen LogP contribution is 2.22. The Balaban J connectivity index is 2.73. The molecule has 0 aliphatic rings. The van der Waals surface area contributed by atoms with Crippen LogP contribution in [0, 0.1) is 6.92 Å². The van der Waals surface area contributed by atoms with Gasteiger partial charge in [0.1, 0.15) is 0 Å². The minimum Gasteiger partial charge on any atom is -0.447 e. The molecular formula is C11H14ClNO2. The van der Waals surface area contributed by atoms with E-state index in [4.69, 9.17) is 16.3 Å². The van der Waals surface area contributed by atoms with Crippen LogP contribution in [-0.4, -0.2) is 12.2 Å². The van der Waals surface area contributed by atoms with Crippen molar-refractivity contribution in [1.82, 2.24) is 0 Å². The van der Waals surface area contributed by atoms with Crippen LogP contribution in [0.4, 0.5) is 10.5 Å². The molecule has 1 aromatic carbocycles. The fourth-order valence-corrected chi connectivity index (χ4v) is 1.27. The molecule has 1 amide bonds. The topological polar surface area (TPSA) is 38.3 Å². The van der Waals surface area contributed by atoms with E-state index in [0.717, 1.165) is 5.56 Å². The Morgan fingerprint density at radius 2 is 2.13 bits per heavy atom. The van der Waals surface area contributed by atoms with Crippen LogP contribution in [0.2, 0.25) is 5.02 Å². The summed E-state index contributed by atoms with van der Waals surface area (Å²) in [5.74, 6) is 0. The average molecular weight is 228 g/mol. The number of rotatable bonds is 2. The summed E-state index contributed by atoms with van der Waals surface area (Å²) in [6.45, 7) is 5.43. The van der Waals surface area contributed by atoms with Crippen molar-refractivity contribution in [2.75, 3.05) is 5.32 Å². The molecular weight excluding hydrogens is 214 g/mol. The van der Waals surface area contributed by atoms with Gasteiger partial charge in [-0.25, -0.2) is 4.79 Å². The molecule has 1 rings (SSSR count). The first-order valence-corrected chi connectivity index (χ1v) is 5.11. The number of carbonyl (C=O) groups excluding carboxylic acids is 1. The molecule has 1 N–H and O–H groups in total. The SMILES string of the molecule is Cc1c(Cl)cccc1NC(=O)OC(C)C. The Bertz CT molecular complexity index is 364. The van der Waals surface area contributed by atoms with Gasteiger partial charge in [0, 0.05) is 10.7 Å². The minimum absolute atomic E-state index is 0.135. The molecule has 1 aromatic rings. The molecule has 0 aromatic heterocycles. The third kappa shape index (κ3) is 3.44. The number of carbonyl (C=O) groups is 1. The van der Waals surface area contributed by atoms with Crippen LogP contribution >= 0.6 is 11.6 Å². The summed E-state index contributed by atoms with van der Waals surface area (Å²) in [7, 11) is 0. The largest absolute Gasteiger partial charge is 0.447 e. The maximum Gasteiger partial charge on any atom is 0.411 e. The van der Waals surface area contributed by atoms with Gasteiger partial charge in [-0.05, 0) is 38.5 Å². The van der Waals surface area contributed by atoms with Gasteiger partial charge in [-0.3, -0.25) is 5.32 Å². The highest BCUT2D eigenvalue weighted by Gasteiger charge is 2.08. The van der Waals surface area contributed by atoms with Gasteiger partial charge in [0.2, 0.25) is 0 Å². The van der Waals surface area contributed by atoms with Gasteiger partial charge in [-0.2, -0.15) is 0 Å². The maximum absolute atomic E-state index is 11.3. The molecule has 0 atom stereocenters. The van der Waals surface area contributed by atoms with Gasteiger partial charge >= 0.3 is 6.09 Å². The molecule has 15 heavy (non-hydrogen) atoms. The summed E-state index contributed by atoms with van der Waals surface area (Å²) in [5, 5.41) is 3.26. The predicted molar refractivity (Wildman–Crippen MR) is 61.4 cm³/mol. The number of anilines is 1. The second-order valence-electron chi connectivity index (χ2n) is 3.49. The molecule has 0 fully saturated rings. The van der Waals surface area contributed by atoms with Crippen molar-refractivity contribution in [3.8, 4) is 0 Å². The first-order chi connectivity index (χ1) is 7.00. The van der Waals surface area contributed by atoms with E-state index in [0.29, 0.717) is 10.7 Å². The van der Waals surface area contributed by atoms with Crippen molar-refractivity contribution in [3.05, 3.63) is 28.8 Å². The quantitative estimate of drug-likeness (QED) is 0.838. The van der Waals surface area contributed by atoms with E-state index in [9.17, 15) is 4.79 Å². The fraction of sp³-hybridized carbons (Fsp3) is 0.364. The lowest BCUT2D eigenvalue weighted by Crippen LogP contribution is -2.18. The molecule has 0 saturated carbocycles. The normalized spacial score (nSPS) is 10.2. The van der Waals surface area contributed by atoms with Crippen molar-refractivity contribution in [2.24, 2.45) is 0 Å². The maximum atomic E-state index is 11.3. The lowest BCUT2D eigenvalue weighted by atomic mass is 10.2. The highest BCUT2D eigenvalue weighted by atomic mass is 35.5. The van der Waals surface area contributed by atoms with Crippen LogP contribution in [0.5, 0.6) is 0 Å². The molecule has 0 saturated heterocycles. The molecule has 4 heteroatoms. The van der Waals surface area contributed by atoms with Crippen LogP contribution in [0.25, 0.3) is 0 Å². The van der Waals surface area contributed by atoms with Crippen LogP contribution < -0.4 is 5.32 Å². The number of nitrogens with one attached hydrogen (secondary N) is 1. The molecule has 0 unspecified atom stereocenters. The molecule has 0 heterocycles. The molecule has 0 aliphatic heterocycles. The van der Waals surface area contributed by atoms with Crippen molar-refractivity contribution >= 4 is 23.4 Å². The second-order valence-corrected chi connectivity index (χ2v) is 3.90. The van der Waals surface area contributed by atoms with Gasteiger partial charge < -0.3 is 4.74 Å². The predicted octanol–water partition coefficient (Wildman–Crippen LogP) is 3.61. The van der Waals surface area contributed by atoms with Gasteiger partial charge in [-0.15, -0.1) is 0 Å². The Morgan fingerprint density at radius 1 is 1.47 bits per heavy atom. The molecule has 82 valence electrons. The standard InChI is InChI=1S/C11H14ClNO2/c1-7(2)15-11(14)13-10-6-4-5-9(12)8(10)3/h4-7H,1-3H3,(H,13,14). The fourth-order valence-electron chi connectivity index (χ4n) is 1.10. The van der Waals surface area contributed by atoms with Crippen molar-refractivity contribution in [3.63, 3.8) is 0 Å². The summed E-state index contributed by atoms with van der Waals surface area (Å²) in [6, 6.07) is 5.33. The van der Waals surface area contributed by atoms with E-state index in [1.54, 1.807) is 32.0 Å². The summed E-state index contributed by atoms with van der Waals surface area (Å²) >= 11 is 5.91. The Hall–Kier alpha value is -1.22. The lowest BCUT2D eigenvalue weighted by Gasteiger charge is -2.11. The summed E-state index contributed by atoms with van der Waals surface area (Å²) in [4.78, 5) is 11.3. The number of hydrogen-bond acceptors (Lipinski definition) is 2. The third-order valence-corrected chi connectivity index (χ3v) is 2.26. The van der Waals surface area contributed by atoms with E-state index in [-0.39, 0.29) is 6.10 Å². The Kier molecular flexibility index (Phi) is 3.97. The lowest BCUT2D eigenvalue weighted by molar-refractivity contribution is 0.130. The number of ether oxygens (including phenoxy) is 1. The van der Waals surface area contributed by atoms with Crippen LogP contribution in [-0.2, 0) is 4.74 Å². The number of hydrogen-bond donors (Lipinski definition) is 1. The van der Waals surface area contributed by atoms with E-state index in [2.05, 4.69) is 5.32 Å². The molecule has 3 nitrogen and oxygen atoms in total. The van der Waals surface area contributed by atoms with E-state index in [1.165, 1.54) is 0 Å². The van der Waals surface area contributed by atoms with Gasteiger partial charge in [-0.1, -0.05) is 17.7 Å². The zero-order chi connectivity index (χ0) is 11.4. The summed E-state index contributed by atoms with van der Waals surface area (Å²) < 4.78 is 4.96. The summed E-state index contributed by atoms with van der Waals surface area (Å²) in [6.07, 6.45) is -0.597. The zero-order valence-electron chi connectivity index (χ0n) is 9.00. The van der Waals surface area contributed by atoms with Gasteiger partial charge in [0.25, 0.3) is 0 Å². The number of benzene rings is 1. The average Bonchev–Trinajstić information content (AvgIpc) is 2.11. The molecule has 0 bridgehead atoms.